The number of nitrogens with zero attached hydrogens (tertiary/aromatic N) is 1. The van der Waals surface area contributed by atoms with E-state index in [-0.39, 0.29) is 0 Å². The minimum absolute atomic E-state index is 0.691. The van der Waals surface area contributed by atoms with Gasteiger partial charge in [-0.05, 0) is 53.4 Å². The van der Waals surface area contributed by atoms with Crippen LogP contribution in [-0.4, -0.2) is 38.6 Å². The lowest BCUT2D eigenvalue weighted by Crippen LogP contribution is -2.29. The van der Waals surface area contributed by atoms with Crippen LogP contribution >= 0.6 is 0 Å². The Balaban J connectivity index is 3.39. The van der Waals surface area contributed by atoms with Crippen LogP contribution in [0.2, 0.25) is 0 Å². The maximum Gasteiger partial charge on any atom is 0.00762 e. The lowest BCUT2D eigenvalue weighted by atomic mass is 10.0. The minimum atomic E-state index is 0.691. The van der Waals surface area contributed by atoms with Gasteiger partial charge in [0.05, 0.1) is 0 Å². The Morgan fingerprint density at radius 2 is 1.93 bits per heavy atom. The smallest absolute Gasteiger partial charge is 0.00762 e. The van der Waals surface area contributed by atoms with Crippen LogP contribution in [-0.2, 0) is 0 Å². The second kappa shape index (κ2) is 10.2. The van der Waals surface area contributed by atoms with Crippen LogP contribution in [0.15, 0.2) is 12.7 Å². The van der Waals surface area contributed by atoms with Crippen molar-refractivity contribution in [2.24, 2.45) is 0 Å². The van der Waals surface area contributed by atoms with Crippen LogP contribution in [0.25, 0.3) is 0 Å². The number of hydrogen-bond acceptors (Lipinski definition) is 2. The zero-order chi connectivity index (χ0) is 11.5. The summed E-state index contributed by atoms with van der Waals surface area (Å²) in [4.78, 5) is 2.25. The fourth-order valence-electron chi connectivity index (χ4n) is 1.70. The van der Waals surface area contributed by atoms with E-state index < -0.39 is 0 Å². The quantitative estimate of drug-likeness (QED) is 0.442. The normalized spacial score (nSPS) is 13.1. The zero-order valence-electron chi connectivity index (χ0n) is 10.8. The first-order valence-corrected chi connectivity index (χ1v) is 6.13. The average Bonchev–Trinajstić information content (AvgIpc) is 2.22. The summed E-state index contributed by atoms with van der Waals surface area (Å²) in [5.41, 5.74) is 0. The van der Waals surface area contributed by atoms with Gasteiger partial charge in [0.15, 0.2) is 0 Å². The second-order valence-corrected chi connectivity index (χ2v) is 4.50. The molecule has 0 radical (unpaired) electrons. The van der Waals surface area contributed by atoms with Gasteiger partial charge in [0.1, 0.15) is 0 Å². The molecule has 0 rings (SSSR count). The van der Waals surface area contributed by atoms with Crippen LogP contribution in [0.4, 0.5) is 0 Å². The molecule has 0 aliphatic carbocycles. The van der Waals surface area contributed by atoms with Crippen molar-refractivity contribution in [1.82, 2.24) is 10.2 Å². The molecule has 0 spiro atoms. The molecule has 0 bridgehead atoms. The molecule has 1 atom stereocenters. The molecule has 0 amide bonds. The number of nitrogens with one attached hydrogen (secondary N) is 1. The molecule has 0 aliphatic heterocycles. The van der Waals surface area contributed by atoms with Crippen LogP contribution in [0.1, 0.15) is 38.5 Å². The van der Waals surface area contributed by atoms with Crippen molar-refractivity contribution in [3.8, 4) is 0 Å². The summed E-state index contributed by atoms with van der Waals surface area (Å²) in [5, 5.41) is 3.40. The zero-order valence-corrected chi connectivity index (χ0v) is 10.8. The number of rotatable bonds is 10. The number of unbranched alkanes of at least 4 members (excludes halogenated alkanes) is 3. The van der Waals surface area contributed by atoms with E-state index in [9.17, 15) is 0 Å². The van der Waals surface area contributed by atoms with Crippen molar-refractivity contribution >= 4 is 0 Å². The first-order chi connectivity index (χ1) is 7.20. The predicted octanol–water partition coefficient (Wildman–Crippen LogP) is 2.66. The van der Waals surface area contributed by atoms with Crippen molar-refractivity contribution in [2.75, 3.05) is 27.7 Å². The first-order valence-electron chi connectivity index (χ1n) is 6.13. The van der Waals surface area contributed by atoms with Crippen molar-refractivity contribution in [3.05, 3.63) is 12.7 Å². The van der Waals surface area contributed by atoms with E-state index in [4.69, 9.17) is 0 Å². The molecule has 0 aromatic rings. The summed E-state index contributed by atoms with van der Waals surface area (Å²) in [7, 11) is 6.34. The van der Waals surface area contributed by atoms with Crippen molar-refractivity contribution in [2.45, 2.75) is 44.6 Å². The van der Waals surface area contributed by atoms with E-state index in [2.05, 4.69) is 37.9 Å². The molecule has 2 nitrogen and oxygen atoms in total. The Morgan fingerprint density at radius 1 is 1.20 bits per heavy atom. The van der Waals surface area contributed by atoms with E-state index in [1.165, 1.54) is 45.1 Å². The van der Waals surface area contributed by atoms with Crippen molar-refractivity contribution < 1.29 is 0 Å². The van der Waals surface area contributed by atoms with Gasteiger partial charge >= 0.3 is 0 Å². The predicted molar refractivity (Wildman–Crippen MR) is 69.3 cm³/mol. The highest BCUT2D eigenvalue weighted by Crippen LogP contribution is 2.08. The van der Waals surface area contributed by atoms with Gasteiger partial charge in [0, 0.05) is 6.04 Å². The molecular formula is C13H28N2. The molecule has 0 fully saturated rings. The maximum atomic E-state index is 3.74. The maximum absolute atomic E-state index is 3.74. The molecule has 1 unspecified atom stereocenters. The SMILES string of the molecule is C=CCCCCCC(CCN(C)C)NC. The molecule has 0 saturated heterocycles. The van der Waals surface area contributed by atoms with Gasteiger partial charge in [-0.2, -0.15) is 0 Å². The molecule has 2 heteroatoms. The highest BCUT2D eigenvalue weighted by Gasteiger charge is 2.05. The third-order valence-corrected chi connectivity index (χ3v) is 2.79. The van der Waals surface area contributed by atoms with Gasteiger partial charge in [-0.25, -0.2) is 0 Å². The topological polar surface area (TPSA) is 15.3 Å². The number of hydrogen-bond donors (Lipinski definition) is 1. The molecule has 0 aromatic carbocycles. The standard InChI is InChI=1S/C13H28N2/c1-5-6-7-8-9-10-13(14-2)11-12-15(3)4/h5,13-14H,1,6-12H2,2-4H3. The molecule has 0 heterocycles. The summed E-state index contributed by atoms with van der Waals surface area (Å²) >= 11 is 0. The lowest BCUT2D eigenvalue weighted by molar-refractivity contribution is 0.353. The van der Waals surface area contributed by atoms with Gasteiger partial charge < -0.3 is 10.2 Å². The molecule has 0 aliphatic rings. The highest BCUT2D eigenvalue weighted by atomic mass is 15.1. The van der Waals surface area contributed by atoms with E-state index in [0.29, 0.717) is 6.04 Å². The molecule has 15 heavy (non-hydrogen) atoms. The van der Waals surface area contributed by atoms with Crippen molar-refractivity contribution in [1.29, 1.82) is 0 Å². The Morgan fingerprint density at radius 3 is 2.47 bits per heavy atom. The van der Waals surface area contributed by atoms with E-state index in [1.807, 2.05) is 6.08 Å². The van der Waals surface area contributed by atoms with E-state index in [0.717, 1.165) is 0 Å². The summed E-state index contributed by atoms with van der Waals surface area (Å²) in [6.45, 7) is 4.92. The Kier molecular flexibility index (Phi) is 9.96. The lowest BCUT2D eigenvalue weighted by Gasteiger charge is -2.18. The molecule has 0 saturated carbocycles. The van der Waals surface area contributed by atoms with Gasteiger partial charge in [-0.3, -0.25) is 0 Å². The Labute approximate surface area is 95.7 Å². The fourth-order valence-corrected chi connectivity index (χ4v) is 1.70. The number of allylic oxidation sites excluding steroid dienone is 1. The third-order valence-electron chi connectivity index (χ3n) is 2.79. The molecule has 1 N–H and O–H groups in total. The monoisotopic (exact) mass is 212 g/mol. The van der Waals surface area contributed by atoms with Gasteiger partial charge in [0.25, 0.3) is 0 Å². The fraction of sp³-hybridized carbons (Fsp3) is 0.846. The van der Waals surface area contributed by atoms with Crippen LogP contribution in [0.3, 0.4) is 0 Å². The van der Waals surface area contributed by atoms with Gasteiger partial charge in [0.2, 0.25) is 0 Å². The first kappa shape index (κ1) is 14.7. The van der Waals surface area contributed by atoms with E-state index >= 15 is 0 Å². The second-order valence-electron chi connectivity index (χ2n) is 4.50. The van der Waals surface area contributed by atoms with Crippen LogP contribution in [0, 0.1) is 0 Å². The largest absolute Gasteiger partial charge is 0.317 e. The summed E-state index contributed by atoms with van der Waals surface area (Å²) < 4.78 is 0. The summed E-state index contributed by atoms with van der Waals surface area (Å²) in [5.74, 6) is 0. The van der Waals surface area contributed by atoms with Crippen LogP contribution in [0.5, 0.6) is 0 Å². The van der Waals surface area contributed by atoms with Crippen LogP contribution < -0.4 is 5.32 Å². The summed E-state index contributed by atoms with van der Waals surface area (Å²) in [6, 6.07) is 0.691. The van der Waals surface area contributed by atoms with Gasteiger partial charge in [-0.15, -0.1) is 6.58 Å². The minimum Gasteiger partial charge on any atom is -0.317 e. The average molecular weight is 212 g/mol. The van der Waals surface area contributed by atoms with Gasteiger partial charge in [-0.1, -0.05) is 18.9 Å². The Hall–Kier alpha value is -0.340. The Bertz CT molecular complexity index is 143. The molecule has 90 valence electrons. The third kappa shape index (κ3) is 9.95. The van der Waals surface area contributed by atoms with Crippen molar-refractivity contribution in [3.63, 3.8) is 0 Å². The molecule has 0 aromatic heterocycles. The summed E-state index contributed by atoms with van der Waals surface area (Å²) in [6.07, 6.45) is 9.72. The highest BCUT2D eigenvalue weighted by molar-refractivity contribution is 4.68. The molecular weight excluding hydrogens is 184 g/mol. The van der Waals surface area contributed by atoms with E-state index in [1.54, 1.807) is 0 Å².